The number of hydrogen-bond acceptors (Lipinski definition) is 7. The molecule has 0 aliphatic heterocycles. The zero-order valence-corrected chi connectivity index (χ0v) is 14.2. The van der Waals surface area contributed by atoms with E-state index in [1.165, 1.54) is 0 Å². The van der Waals surface area contributed by atoms with Crippen LogP contribution < -0.4 is 5.32 Å². The number of nitrogens with zero attached hydrogens (tertiary/aromatic N) is 2. The molecule has 4 rings (SSSR count). The van der Waals surface area contributed by atoms with Crippen LogP contribution in [-0.4, -0.2) is 28.5 Å². The highest BCUT2D eigenvalue weighted by molar-refractivity contribution is 6.06. The molecular formula is C19H17N3O4. The summed E-state index contributed by atoms with van der Waals surface area (Å²) in [5, 5.41) is 16.4. The zero-order chi connectivity index (χ0) is 18.1. The summed E-state index contributed by atoms with van der Waals surface area (Å²) in [7, 11) is 0. The summed E-state index contributed by atoms with van der Waals surface area (Å²) in [5.41, 5.74) is 4.61. The van der Waals surface area contributed by atoms with Crippen molar-refractivity contribution in [3.63, 3.8) is 0 Å². The Bertz CT molecular complexity index is 1020. The van der Waals surface area contributed by atoms with Gasteiger partial charge in [0.2, 0.25) is 5.76 Å². The fraction of sp³-hybridized carbons (Fsp3) is 0.211. The predicted molar refractivity (Wildman–Crippen MR) is 96.3 cm³/mol. The first-order chi connectivity index (χ1) is 12.7. The number of carbonyl (C=O) groups is 1. The first-order valence-corrected chi connectivity index (χ1v) is 8.36. The van der Waals surface area contributed by atoms with Crippen LogP contribution in [0.15, 0.2) is 46.2 Å². The number of esters is 1. The average Bonchev–Trinajstić information content (AvgIpc) is 3.23. The zero-order valence-electron chi connectivity index (χ0n) is 14.2. The van der Waals surface area contributed by atoms with Crippen molar-refractivity contribution in [3.05, 3.63) is 53.5 Å². The minimum Gasteiger partial charge on any atom is -0.460 e. The van der Waals surface area contributed by atoms with Gasteiger partial charge in [-0.2, -0.15) is 0 Å². The molecule has 0 spiro atoms. The Labute approximate surface area is 149 Å². The van der Waals surface area contributed by atoms with Crippen molar-refractivity contribution in [2.45, 2.75) is 19.8 Å². The van der Waals surface area contributed by atoms with Gasteiger partial charge in [0.25, 0.3) is 0 Å². The number of pyridine rings is 1. The minimum absolute atomic E-state index is 0.118. The van der Waals surface area contributed by atoms with Gasteiger partial charge in [-0.15, -0.1) is 0 Å². The van der Waals surface area contributed by atoms with Gasteiger partial charge in [0, 0.05) is 22.8 Å². The lowest BCUT2D eigenvalue weighted by molar-refractivity contribution is 0.0494. The van der Waals surface area contributed by atoms with Crippen molar-refractivity contribution in [2.75, 3.05) is 11.9 Å². The lowest BCUT2D eigenvalue weighted by Crippen LogP contribution is -2.06. The summed E-state index contributed by atoms with van der Waals surface area (Å²) in [5.74, 6) is -0.407. The first kappa shape index (κ1) is 16.1. The molecule has 1 aliphatic carbocycles. The molecule has 0 amide bonds. The summed E-state index contributed by atoms with van der Waals surface area (Å²) in [6.07, 6.45) is 4.73. The number of hydrogen-bond donors (Lipinski definition) is 2. The fourth-order valence-electron chi connectivity index (χ4n) is 3.21. The second-order valence-electron chi connectivity index (χ2n) is 5.94. The van der Waals surface area contributed by atoms with Crippen molar-refractivity contribution in [2.24, 2.45) is 5.16 Å². The molecule has 2 aromatic heterocycles. The van der Waals surface area contributed by atoms with E-state index in [0.29, 0.717) is 23.4 Å². The van der Waals surface area contributed by atoms with Crippen LogP contribution in [-0.2, 0) is 11.2 Å². The van der Waals surface area contributed by atoms with E-state index in [9.17, 15) is 4.79 Å². The second-order valence-corrected chi connectivity index (χ2v) is 5.94. The molecule has 0 atom stereocenters. The van der Waals surface area contributed by atoms with Gasteiger partial charge < -0.3 is 19.7 Å². The maximum atomic E-state index is 12.3. The SMILES string of the molecule is CCOC(=O)c1oc2cnccc2c1Nc1ccc2c(c1)CC/C2=N\O. The maximum Gasteiger partial charge on any atom is 0.376 e. The average molecular weight is 351 g/mol. The van der Waals surface area contributed by atoms with Gasteiger partial charge in [0.1, 0.15) is 5.69 Å². The third kappa shape index (κ3) is 2.67. The molecule has 132 valence electrons. The highest BCUT2D eigenvalue weighted by atomic mass is 16.5. The van der Waals surface area contributed by atoms with E-state index in [1.54, 1.807) is 25.4 Å². The van der Waals surface area contributed by atoms with E-state index in [2.05, 4.69) is 15.5 Å². The number of nitrogens with one attached hydrogen (secondary N) is 1. The van der Waals surface area contributed by atoms with Crippen LogP contribution >= 0.6 is 0 Å². The smallest absolute Gasteiger partial charge is 0.376 e. The third-order valence-electron chi connectivity index (χ3n) is 4.39. The highest BCUT2D eigenvalue weighted by Crippen LogP contribution is 2.34. The molecule has 2 heterocycles. The van der Waals surface area contributed by atoms with Gasteiger partial charge in [0.15, 0.2) is 5.58 Å². The monoisotopic (exact) mass is 351 g/mol. The van der Waals surface area contributed by atoms with E-state index in [-0.39, 0.29) is 12.4 Å². The molecule has 3 aromatic rings. The van der Waals surface area contributed by atoms with E-state index in [4.69, 9.17) is 14.4 Å². The molecule has 1 aromatic carbocycles. The molecule has 2 N–H and O–H groups in total. The Morgan fingerprint density at radius 3 is 3.08 bits per heavy atom. The number of carbonyl (C=O) groups excluding carboxylic acids is 1. The van der Waals surface area contributed by atoms with Crippen LogP contribution in [0.5, 0.6) is 0 Å². The topological polar surface area (TPSA) is 97.0 Å². The minimum atomic E-state index is -0.526. The number of aryl methyl sites for hydroxylation is 1. The van der Waals surface area contributed by atoms with E-state index < -0.39 is 5.97 Å². The molecule has 26 heavy (non-hydrogen) atoms. The Morgan fingerprint density at radius 2 is 2.27 bits per heavy atom. The van der Waals surface area contributed by atoms with Crippen LogP contribution in [0.2, 0.25) is 0 Å². The van der Waals surface area contributed by atoms with E-state index in [1.807, 2.05) is 18.2 Å². The number of furan rings is 1. The predicted octanol–water partition coefficient (Wildman–Crippen LogP) is 3.87. The van der Waals surface area contributed by atoms with Gasteiger partial charge in [-0.1, -0.05) is 11.2 Å². The third-order valence-corrected chi connectivity index (χ3v) is 4.39. The molecule has 0 saturated carbocycles. The Hall–Kier alpha value is -3.35. The summed E-state index contributed by atoms with van der Waals surface area (Å²) in [6.45, 7) is 2.01. The van der Waals surface area contributed by atoms with Crippen LogP contribution in [0.4, 0.5) is 11.4 Å². The number of benzene rings is 1. The van der Waals surface area contributed by atoms with Crippen molar-refractivity contribution in [1.29, 1.82) is 0 Å². The van der Waals surface area contributed by atoms with Crippen LogP contribution in [0.25, 0.3) is 11.0 Å². The fourth-order valence-corrected chi connectivity index (χ4v) is 3.21. The second kappa shape index (κ2) is 6.51. The molecule has 0 radical (unpaired) electrons. The Balaban J connectivity index is 1.75. The number of rotatable bonds is 4. The number of aromatic nitrogens is 1. The van der Waals surface area contributed by atoms with Gasteiger partial charge in [-0.25, -0.2) is 4.79 Å². The normalized spacial score (nSPS) is 14.6. The summed E-state index contributed by atoms with van der Waals surface area (Å²) in [6, 6.07) is 7.56. The van der Waals surface area contributed by atoms with Crippen molar-refractivity contribution >= 4 is 34.0 Å². The van der Waals surface area contributed by atoms with Crippen LogP contribution in [0, 0.1) is 0 Å². The lowest BCUT2D eigenvalue weighted by atomic mass is 10.1. The lowest BCUT2D eigenvalue weighted by Gasteiger charge is -2.09. The van der Waals surface area contributed by atoms with Crippen LogP contribution in [0.3, 0.4) is 0 Å². The number of anilines is 2. The summed E-state index contributed by atoms with van der Waals surface area (Å²) >= 11 is 0. The number of ether oxygens (including phenoxy) is 1. The van der Waals surface area contributed by atoms with E-state index >= 15 is 0 Å². The molecule has 0 bridgehead atoms. The number of fused-ring (bicyclic) bond motifs is 2. The maximum absolute atomic E-state index is 12.3. The Morgan fingerprint density at radius 1 is 1.38 bits per heavy atom. The van der Waals surface area contributed by atoms with Gasteiger partial charge >= 0.3 is 5.97 Å². The molecule has 0 unspecified atom stereocenters. The summed E-state index contributed by atoms with van der Waals surface area (Å²) < 4.78 is 10.8. The quantitative estimate of drug-likeness (QED) is 0.421. The molecule has 0 saturated heterocycles. The highest BCUT2D eigenvalue weighted by Gasteiger charge is 2.23. The largest absolute Gasteiger partial charge is 0.460 e. The first-order valence-electron chi connectivity index (χ1n) is 8.36. The van der Waals surface area contributed by atoms with Crippen molar-refractivity contribution < 1.29 is 19.2 Å². The molecular weight excluding hydrogens is 334 g/mol. The summed E-state index contributed by atoms with van der Waals surface area (Å²) in [4.78, 5) is 16.3. The Kier molecular flexibility index (Phi) is 4.04. The molecule has 7 heteroatoms. The van der Waals surface area contributed by atoms with Crippen molar-refractivity contribution in [3.8, 4) is 0 Å². The molecule has 7 nitrogen and oxygen atoms in total. The van der Waals surface area contributed by atoms with Crippen molar-refractivity contribution in [1.82, 2.24) is 4.98 Å². The number of oxime groups is 1. The van der Waals surface area contributed by atoms with Gasteiger partial charge in [-0.05, 0) is 43.5 Å². The van der Waals surface area contributed by atoms with Gasteiger partial charge in [-0.3, -0.25) is 4.98 Å². The van der Waals surface area contributed by atoms with Gasteiger partial charge in [0.05, 0.1) is 18.5 Å². The van der Waals surface area contributed by atoms with Crippen LogP contribution in [0.1, 0.15) is 35.0 Å². The molecule has 0 fully saturated rings. The van der Waals surface area contributed by atoms with E-state index in [0.717, 1.165) is 28.6 Å². The molecule has 1 aliphatic rings. The standard InChI is InChI=1S/C19H17N3O4/c1-2-25-19(23)18-17(14-7-8-20-10-16(14)26-18)21-12-4-5-13-11(9-12)3-6-15(13)22-24/h4-5,7-10,21,24H,2-3,6H2,1H3/b22-15+.